The van der Waals surface area contributed by atoms with E-state index in [4.69, 9.17) is 44.3 Å². The molecule has 1 heterocycles. The molecule has 1 aliphatic rings. The van der Waals surface area contributed by atoms with Crippen molar-refractivity contribution in [3.8, 4) is 0 Å². The van der Waals surface area contributed by atoms with Crippen molar-refractivity contribution in [1.29, 1.82) is 0 Å². The molecule has 1 fully saturated rings. The smallest absolute Gasteiger partial charge is 0.0945 e. The Bertz CT molecular complexity index is 444. The van der Waals surface area contributed by atoms with E-state index in [9.17, 15) is 5.11 Å². The fourth-order valence-corrected chi connectivity index (χ4v) is 3.05. The molecule has 2 unspecified atom stereocenters. The van der Waals surface area contributed by atoms with Gasteiger partial charge in [-0.05, 0) is 25.0 Å². The van der Waals surface area contributed by atoms with E-state index in [0.29, 0.717) is 27.4 Å². The zero-order valence-corrected chi connectivity index (χ0v) is 13.7. The maximum atomic E-state index is 9.88. The minimum Gasteiger partial charge on any atom is -0.389 e. The fraction of sp³-hybridized carbons (Fsp3) is 0.571. The van der Waals surface area contributed by atoms with Gasteiger partial charge in [-0.3, -0.25) is 0 Å². The number of benzene rings is 1. The van der Waals surface area contributed by atoms with E-state index in [1.54, 1.807) is 12.1 Å². The number of nitrogens with one attached hydrogen (secondary N) is 1. The number of anilines is 1. The summed E-state index contributed by atoms with van der Waals surface area (Å²) in [6.45, 7) is 1.83. The molecule has 0 spiro atoms. The average molecular weight is 355 g/mol. The van der Waals surface area contributed by atoms with Crippen LogP contribution in [0, 0.1) is 0 Å². The minimum atomic E-state index is -0.658. The lowest BCUT2D eigenvalue weighted by molar-refractivity contribution is -0.0137. The first-order chi connectivity index (χ1) is 10.1. The van der Waals surface area contributed by atoms with E-state index in [2.05, 4.69) is 5.32 Å². The van der Waals surface area contributed by atoms with Gasteiger partial charge >= 0.3 is 0 Å². The minimum absolute atomic E-state index is 0.158. The standard InChI is InChI=1S/C14H18Cl3NO3/c15-9-4-12(16)14(13(17)5-9)18-6-10(19)7-20-8-11-2-1-3-21-11/h4-5,10-11,18-19H,1-3,6-8H2. The predicted octanol–water partition coefficient (Wildman–Crippen LogP) is 3.62. The predicted molar refractivity (Wildman–Crippen MR) is 85.8 cm³/mol. The van der Waals surface area contributed by atoms with Gasteiger partial charge in [-0.15, -0.1) is 0 Å². The van der Waals surface area contributed by atoms with E-state index < -0.39 is 6.10 Å². The molecule has 0 radical (unpaired) electrons. The maximum Gasteiger partial charge on any atom is 0.0945 e. The van der Waals surface area contributed by atoms with Crippen LogP contribution in [0.25, 0.3) is 0 Å². The van der Waals surface area contributed by atoms with Crippen molar-refractivity contribution in [3.05, 3.63) is 27.2 Å². The Morgan fingerprint density at radius 3 is 2.67 bits per heavy atom. The molecule has 2 rings (SSSR count). The second kappa shape index (κ2) is 8.42. The number of halogens is 3. The van der Waals surface area contributed by atoms with Crippen LogP contribution < -0.4 is 5.32 Å². The van der Waals surface area contributed by atoms with Crippen molar-refractivity contribution in [3.63, 3.8) is 0 Å². The van der Waals surface area contributed by atoms with Crippen LogP contribution >= 0.6 is 34.8 Å². The van der Waals surface area contributed by atoms with Gasteiger partial charge in [0.15, 0.2) is 0 Å². The topological polar surface area (TPSA) is 50.7 Å². The Balaban J connectivity index is 1.72. The molecule has 0 aliphatic carbocycles. The Morgan fingerprint density at radius 2 is 2.05 bits per heavy atom. The van der Waals surface area contributed by atoms with Crippen molar-refractivity contribution in [2.45, 2.75) is 25.0 Å². The molecule has 1 aliphatic heterocycles. The highest BCUT2D eigenvalue weighted by molar-refractivity contribution is 6.41. The molecule has 21 heavy (non-hydrogen) atoms. The van der Waals surface area contributed by atoms with Crippen LogP contribution in [-0.2, 0) is 9.47 Å². The van der Waals surface area contributed by atoms with Crippen molar-refractivity contribution in [2.75, 3.05) is 31.7 Å². The maximum absolute atomic E-state index is 9.88. The van der Waals surface area contributed by atoms with Gasteiger partial charge in [0.05, 0.1) is 41.2 Å². The van der Waals surface area contributed by atoms with E-state index in [1.807, 2.05) is 0 Å². The molecule has 1 saturated heterocycles. The number of ether oxygens (including phenoxy) is 2. The Labute approximate surface area is 139 Å². The number of hydrogen-bond acceptors (Lipinski definition) is 4. The van der Waals surface area contributed by atoms with Gasteiger partial charge in [-0.1, -0.05) is 34.8 Å². The summed E-state index contributed by atoms with van der Waals surface area (Å²) in [5, 5.41) is 14.2. The van der Waals surface area contributed by atoms with E-state index >= 15 is 0 Å². The highest BCUT2D eigenvalue weighted by atomic mass is 35.5. The number of rotatable bonds is 7. The summed E-state index contributed by atoms with van der Waals surface area (Å²) >= 11 is 17.9. The summed E-state index contributed by atoms with van der Waals surface area (Å²) in [5.74, 6) is 0. The summed E-state index contributed by atoms with van der Waals surface area (Å²) in [6, 6.07) is 3.19. The van der Waals surface area contributed by atoms with Gasteiger partial charge in [-0.25, -0.2) is 0 Å². The lowest BCUT2D eigenvalue weighted by atomic mass is 10.2. The summed E-state index contributed by atoms with van der Waals surface area (Å²) in [4.78, 5) is 0. The first-order valence-electron chi connectivity index (χ1n) is 6.82. The zero-order chi connectivity index (χ0) is 15.2. The van der Waals surface area contributed by atoms with Gasteiger partial charge in [0, 0.05) is 18.2 Å². The van der Waals surface area contributed by atoms with Gasteiger partial charge in [0.2, 0.25) is 0 Å². The highest BCUT2D eigenvalue weighted by Crippen LogP contribution is 2.33. The summed E-state index contributed by atoms with van der Waals surface area (Å²) in [5.41, 5.74) is 0.556. The monoisotopic (exact) mass is 353 g/mol. The molecule has 0 amide bonds. The van der Waals surface area contributed by atoms with Crippen molar-refractivity contribution in [2.24, 2.45) is 0 Å². The zero-order valence-electron chi connectivity index (χ0n) is 11.4. The summed E-state index contributed by atoms with van der Waals surface area (Å²) in [7, 11) is 0. The van der Waals surface area contributed by atoms with Gasteiger partial charge < -0.3 is 19.9 Å². The number of hydrogen-bond donors (Lipinski definition) is 2. The third-order valence-corrected chi connectivity index (χ3v) is 3.97. The van der Waals surface area contributed by atoms with Crippen LogP contribution in [0.1, 0.15) is 12.8 Å². The Morgan fingerprint density at radius 1 is 1.33 bits per heavy atom. The molecule has 0 bridgehead atoms. The van der Waals surface area contributed by atoms with Crippen LogP contribution in [0.4, 0.5) is 5.69 Å². The van der Waals surface area contributed by atoms with Crippen molar-refractivity contribution < 1.29 is 14.6 Å². The van der Waals surface area contributed by atoms with E-state index in [-0.39, 0.29) is 19.3 Å². The van der Waals surface area contributed by atoms with Gasteiger partial charge in [0.25, 0.3) is 0 Å². The molecule has 0 aromatic heterocycles. The van der Waals surface area contributed by atoms with Crippen LogP contribution in [0.3, 0.4) is 0 Å². The average Bonchev–Trinajstić information content (AvgIpc) is 2.90. The van der Waals surface area contributed by atoms with E-state index in [1.165, 1.54) is 0 Å². The molecule has 4 nitrogen and oxygen atoms in total. The van der Waals surface area contributed by atoms with Crippen LogP contribution in [0.5, 0.6) is 0 Å². The lowest BCUT2D eigenvalue weighted by Crippen LogP contribution is -2.27. The first kappa shape index (κ1) is 17.1. The molecule has 1 aromatic carbocycles. The normalized spacial score (nSPS) is 19.7. The number of aliphatic hydroxyl groups is 1. The summed E-state index contributed by atoms with van der Waals surface area (Å²) < 4.78 is 10.9. The highest BCUT2D eigenvalue weighted by Gasteiger charge is 2.16. The molecule has 0 saturated carbocycles. The second-order valence-electron chi connectivity index (χ2n) is 4.95. The molecule has 1 aromatic rings. The first-order valence-corrected chi connectivity index (χ1v) is 7.95. The Hall–Kier alpha value is -0.230. The summed E-state index contributed by atoms with van der Waals surface area (Å²) in [6.07, 6.45) is 1.59. The van der Waals surface area contributed by atoms with Crippen LogP contribution in [0.2, 0.25) is 15.1 Å². The molecule has 2 N–H and O–H groups in total. The fourth-order valence-electron chi connectivity index (χ4n) is 2.10. The van der Waals surface area contributed by atoms with Crippen molar-refractivity contribution in [1.82, 2.24) is 0 Å². The molecule has 2 atom stereocenters. The van der Waals surface area contributed by atoms with Crippen molar-refractivity contribution >= 4 is 40.5 Å². The van der Waals surface area contributed by atoms with Gasteiger partial charge in [-0.2, -0.15) is 0 Å². The second-order valence-corrected chi connectivity index (χ2v) is 6.20. The van der Waals surface area contributed by atoms with Crippen LogP contribution in [-0.4, -0.2) is 43.7 Å². The molecule has 118 valence electrons. The van der Waals surface area contributed by atoms with E-state index in [0.717, 1.165) is 19.4 Å². The third kappa shape index (κ3) is 5.47. The van der Waals surface area contributed by atoms with Crippen LogP contribution in [0.15, 0.2) is 12.1 Å². The molecular formula is C14H18Cl3NO3. The number of aliphatic hydroxyl groups excluding tert-OH is 1. The molecule has 7 heteroatoms. The largest absolute Gasteiger partial charge is 0.389 e. The Kier molecular flexibility index (Phi) is 6.86. The molecular weight excluding hydrogens is 337 g/mol. The third-order valence-electron chi connectivity index (χ3n) is 3.16. The van der Waals surface area contributed by atoms with Gasteiger partial charge in [0.1, 0.15) is 0 Å². The lowest BCUT2D eigenvalue weighted by Gasteiger charge is -2.16. The quantitative estimate of drug-likeness (QED) is 0.785. The SMILES string of the molecule is OC(CNc1c(Cl)cc(Cl)cc1Cl)COCC1CCCO1.